The monoisotopic (exact) mass is 475 g/mol. The molecule has 9 heteroatoms. The molecule has 9 nitrogen and oxygen atoms in total. The Morgan fingerprint density at radius 1 is 1.26 bits per heavy atom. The number of rotatable bonds is 6. The van der Waals surface area contributed by atoms with E-state index in [9.17, 15) is 19.5 Å². The number of amides is 2. The molecule has 2 aromatic rings. The normalized spacial score (nSPS) is 22.9. The quantitative estimate of drug-likeness (QED) is 0.544. The van der Waals surface area contributed by atoms with Crippen LogP contribution in [0.3, 0.4) is 0 Å². The minimum absolute atomic E-state index is 0.00587. The van der Waals surface area contributed by atoms with E-state index in [4.69, 9.17) is 10.7 Å². The molecule has 0 radical (unpaired) electrons. The minimum Gasteiger partial charge on any atom is -0.506 e. The van der Waals surface area contributed by atoms with Gasteiger partial charge in [-0.25, -0.2) is 9.98 Å². The molecule has 0 unspecified atom stereocenters. The van der Waals surface area contributed by atoms with Gasteiger partial charge < -0.3 is 25.9 Å². The van der Waals surface area contributed by atoms with E-state index >= 15 is 0 Å². The van der Waals surface area contributed by atoms with Gasteiger partial charge in [-0.3, -0.25) is 9.59 Å². The van der Waals surface area contributed by atoms with Crippen molar-refractivity contribution in [2.75, 3.05) is 6.54 Å². The number of fused-ring (bicyclic) bond motifs is 1. The first-order chi connectivity index (χ1) is 16.8. The van der Waals surface area contributed by atoms with Crippen LogP contribution in [0, 0.1) is 12.8 Å². The highest BCUT2D eigenvalue weighted by Crippen LogP contribution is 2.34. The van der Waals surface area contributed by atoms with Crippen LogP contribution in [0.15, 0.2) is 40.5 Å². The first kappa shape index (κ1) is 23.2. The number of pyridine rings is 1. The number of benzene rings is 1. The lowest BCUT2D eigenvalue weighted by Crippen LogP contribution is -2.41. The Labute approximate surface area is 203 Å². The highest BCUT2D eigenvalue weighted by Gasteiger charge is 2.40. The predicted molar refractivity (Wildman–Crippen MR) is 131 cm³/mol. The van der Waals surface area contributed by atoms with Gasteiger partial charge in [0.1, 0.15) is 23.2 Å². The molecule has 0 spiro atoms. The Kier molecular flexibility index (Phi) is 5.88. The largest absolute Gasteiger partial charge is 0.506 e. The third-order valence-corrected chi connectivity index (χ3v) is 7.00. The van der Waals surface area contributed by atoms with Gasteiger partial charge in [0.15, 0.2) is 0 Å². The molecule has 4 N–H and O–H groups in total. The van der Waals surface area contributed by atoms with Crippen molar-refractivity contribution in [3.05, 3.63) is 46.8 Å². The predicted octanol–water partition coefficient (Wildman–Crippen LogP) is 1.74. The van der Waals surface area contributed by atoms with Crippen LogP contribution in [0.5, 0.6) is 5.75 Å². The molecule has 3 atom stereocenters. The Balaban J connectivity index is 1.45. The van der Waals surface area contributed by atoms with Crippen molar-refractivity contribution in [3.8, 4) is 5.75 Å². The summed E-state index contributed by atoms with van der Waals surface area (Å²) in [6.07, 6.45) is 3.31. The zero-order chi connectivity index (χ0) is 24.9. The first-order valence-corrected chi connectivity index (χ1v) is 12.0. The smallest absolute Gasteiger partial charge is 0.273 e. The summed E-state index contributed by atoms with van der Waals surface area (Å²) in [4.78, 5) is 48.3. The van der Waals surface area contributed by atoms with Crippen LogP contribution in [-0.4, -0.2) is 63.5 Å². The molecular formula is C26H29N5O4. The molecule has 1 saturated heterocycles. The van der Waals surface area contributed by atoms with E-state index < -0.39 is 12.1 Å². The lowest BCUT2D eigenvalue weighted by Gasteiger charge is -2.21. The maximum Gasteiger partial charge on any atom is 0.273 e. The van der Waals surface area contributed by atoms with Crippen molar-refractivity contribution in [1.29, 1.82) is 0 Å². The van der Waals surface area contributed by atoms with Gasteiger partial charge in [-0.15, -0.1) is 0 Å². The fourth-order valence-electron chi connectivity index (χ4n) is 4.91. The molecular weight excluding hydrogens is 446 g/mol. The van der Waals surface area contributed by atoms with E-state index in [1.165, 1.54) is 4.90 Å². The first-order valence-electron chi connectivity index (χ1n) is 12.0. The second-order valence-corrected chi connectivity index (χ2v) is 9.76. The van der Waals surface area contributed by atoms with Gasteiger partial charge >= 0.3 is 0 Å². The Morgan fingerprint density at radius 3 is 2.71 bits per heavy atom. The molecule has 5 rings (SSSR count). The number of aryl methyl sites for hydroxylation is 1. The summed E-state index contributed by atoms with van der Waals surface area (Å²) in [7, 11) is 0. The van der Waals surface area contributed by atoms with E-state index in [0.717, 1.165) is 35.8 Å². The van der Waals surface area contributed by atoms with Gasteiger partial charge in [0.2, 0.25) is 5.91 Å². The summed E-state index contributed by atoms with van der Waals surface area (Å²) >= 11 is 0. The molecule has 1 aromatic carbocycles. The molecule has 2 amide bonds. The number of phenols is 1. The van der Waals surface area contributed by atoms with Gasteiger partial charge in [-0.1, -0.05) is 6.07 Å². The third-order valence-electron chi connectivity index (χ3n) is 7.00. The van der Waals surface area contributed by atoms with E-state index in [1.807, 2.05) is 19.1 Å². The van der Waals surface area contributed by atoms with Crippen molar-refractivity contribution < 1.29 is 19.5 Å². The topological polar surface area (TPSA) is 138 Å². The van der Waals surface area contributed by atoms with Gasteiger partial charge in [0, 0.05) is 47.6 Å². The lowest BCUT2D eigenvalue weighted by atomic mass is 9.96. The minimum atomic E-state index is -0.630. The molecule has 1 aliphatic carbocycles. The van der Waals surface area contributed by atoms with Gasteiger partial charge in [0.05, 0.1) is 11.8 Å². The summed E-state index contributed by atoms with van der Waals surface area (Å²) in [5.74, 6) is -0.228. The van der Waals surface area contributed by atoms with Gasteiger partial charge in [-0.2, -0.15) is 0 Å². The summed E-state index contributed by atoms with van der Waals surface area (Å²) in [6.45, 7) is 3.92. The van der Waals surface area contributed by atoms with E-state index in [-0.39, 0.29) is 41.8 Å². The van der Waals surface area contributed by atoms with Crippen LogP contribution >= 0.6 is 0 Å². The number of nitrogens with two attached hydrogens (primary N) is 1. The summed E-state index contributed by atoms with van der Waals surface area (Å²) in [6, 6.07) is 5.79. The zero-order valence-corrected chi connectivity index (χ0v) is 19.8. The Hall–Kier alpha value is -3.59. The lowest BCUT2D eigenvalue weighted by molar-refractivity contribution is -0.131. The number of carbonyl (C=O) groups is 3. The molecule has 2 fully saturated rings. The van der Waals surface area contributed by atoms with E-state index in [1.54, 1.807) is 19.1 Å². The van der Waals surface area contributed by atoms with Crippen LogP contribution in [0.25, 0.3) is 10.9 Å². The van der Waals surface area contributed by atoms with Crippen LogP contribution in [-0.2, 0) is 14.4 Å². The van der Waals surface area contributed by atoms with Crippen molar-refractivity contribution >= 4 is 34.7 Å². The number of hydrogen-bond donors (Lipinski definition) is 3. The highest BCUT2D eigenvalue weighted by atomic mass is 16.3. The number of aromatic nitrogens is 1. The SMILES string of the molecule is Cc1ccc2c(C3=NC(C(=O)N4C[C@H](NC(=O)C5CC5)C[C@H]4C=O)=C([C@H](C)N)C3)ccc(O)c2n1. The summed E-state index contributed by atoms with van der Waals surface area (Å²) in [5.41, 5.74) is 9.87. The third kappa shape index (κ3) is 4.32. The average Bonchev–Trinajstić information content (AvgIpc) is 3.46. The highest BCUT2D eigenvalue weighted by molar-refractivity contribution is 6.16. The van der Waals surface area contributed by atoms with Crippen molar-refractivity contribution in [1.82, 2.24) is 15.2 Å². The van der Waals surface area contributed by atoms with E-state index in [2.05, 4.69) is 10.3 Å². The fourth-order valence-corrected chi connectivity index (χ4v) is 4.91. The van der Waals surface area contributed by atoms with Crippen LogP contribution in [0.4, 0.5) is 0 Å². The Bertz CT molecular complexity index is 1290. The number of phenolic OH excluding ortho intramolecular Hbond substituents is 1. The second kappa shape index (κ2) is 8.88. The molecule has 3 heterocycles. The standard InChI is InChI=1S/C26H29N5O4/c1-13-3-6-19-18(7-8-22(33)23(19)28-13)21-10-20(14(2)27)24(30-21)26(35)31-11-16(9-17(31)12-32)29-25(34)15-4-5-15/h3,6-8,12,14-17,33H,4-5,9-11,27H2,1-2H3,(H,29,34)/t14-,16+,17-/m0/s1. The molecule has 1 aromatic heterocycles. The number of nitrogens with zero attached hydrogens (tertiary/aromatic N) is 3. The second-order valence-electron chi connectivity index (χ2n) is 9.76. The number of carbonyl (C=O) groups excluding carboxylic acids is 3. The number of nitrogens with one attached hydrogen (secondary N) is 1. The molecule has 35 heavy (non-hydrogen) atoms. The van der Waals surface area contributed by atoms with Gasteiger partial charge in [0.25, 0.3) is 5.91 Å². The van der Waals surface area contributed by atoms with Gasteiger partial charge in [-0.05, 0) is 56.9 Å². The molecule has 182 valence electrons. The number of aliphatic imine (C=N–C) groups is 1. The van der Waals surface area contributed by atoms with Crippen LogP contribution < -0.4 is 11.1 Å². The summed E-state index contributed by atoms with van der Waals surface area (Å²) in [5, 5.41) is 14.0. The maximum absolute atomic E-state index is 13.6. The van der Waals surface area contributed by atoms with Crippen LogP contribution in [0.1, 0.15) is 43.9 Å². The van der Waals surface area contributed by atoms with E-state index in [0.29, 0.717) is 29.6 Å². The molecule has 2 aliphatic heterocycles. The Morgan fingerprint density at radius 2 is 2.03 bits per heavy atom. The molecule has 3 aliphatic rings. The summed E-state index contributed by atoms with van der Waals surface area (Å²) < 4.78 is 0. The van der Waals surface area contributed by atoms with Crippen molar-refractivity contribution in [2.45, 2.75) is 57.7 Å². The number of aromatic hydroxyl groups is 1. The maximum atomic E-state index is 13.6. The average molecular weight is 476 g/mol. The zero-order valence-electron chi connectivity index (χ0n) is 19.8. The van der Waals surface area contributed by atoms with Crippen molar-refractivity contribution in [3.63, 3.8) is 0 Å². The molecule has 0 bridgehead atoms. The number of likely N-dealkylation sites (tertiary alicyclic amines) is 1. The fraction of sp³-hybridized carbons (Fsp3) is 0.423. The van der Waals surface area contributed by atoms with Crippen LogP contribution in [0.2, 0.25) is 0 Å². The van der Waals surface area contributed by atoms with Crippen molar-refractivity contribution in [2.24, 2.45) is 16.6 Å². The number of hydrogen-bond acceptors (Lipinski definition) is 7. The number of aldehydes is 1. The molecule has 1 saturated carbocycles.